The van der Waals surface area contributed by atoms with Crippen LogP contribution in [0.2, 0.25) is 0 Å². The van der Waals surface area contributed by atoms with Crippen LogP contribution in [0.15, 0.2) is 71.7 Å². The summed E-state index contributed by atoms with van der Waals surface area (Å²) in [5.74, 6) is 1.19. The quantitative estimate of drug-likeness (QED) is 0.552. The highest BCUT2D eigenvalue weighted by Crippen LogP contribution is 2.45. The lowest BCUT2D eigenvalue weighted by Crippen LogP contribution is -2.14. The second-order valence-electron chi connectivity index (χ2n) is 6.60. The number of phenols is 1. The summed E-state index contributed by atoms with van der Waals surface area (Å²) < 4.78 is 0. The second-order valence-corrected chi connectivity index (χ2v) is 6.60. The fraction of sp³-hybridized carbons (Fsp3) is 0.136. The molecule has 124 valence electrons. The molecule has 0 bridgehead atoms. The standard InChI is InChI=1S/C22H20N2O/c1-14(2)12-22-23-18-9-8-15(3)13-20(18)24(22)19-10-11-21(25)17-7-5-4-6-16(17)19/h4-11,13,23,25H,1-3H3. The number of fused-ring (bicyclic) bond motifs is 2. The van der Waals surface area contributed by atoms with Crippen LogP contribution in [-0.4, -0.2) is 5.11 Å². The van der Waals surface area contributed by atoms with E-state index < -0.39 is 0 Å². The molecule has 1 heterocycles. The van der Waals surface area contributed by atoms with Gasteiger partial charge in [-0.3, -0.25) is 4.90 Å². The van der Waals surface area contributed by atoms with E-state index in [2.05, 4.69) is 41.1 Å². The van der Waals surface area contributed by atoms with E-state index >= 15 is 0 Å². The van der Waals surface area contributed by atoms with Gasteiger partial charge in [0.05, 0.1) is 17.1 Å². The van der Waals surface area contributed by atoms with E-state index in [0.29, 0.717) is 5.75 Å². The predicted octanol–water partition coefficient (Wildman–Crippen LogP) is 5.82. The summed E-state index contributed by atoms with van der Waals surface area (Å²) in [6.45, 7) is 6.17. The van der Waals surface area contributed by atoms with Gasteiger partial charge < -0.3 is 10.4 Å². The second kappa shape index (κ2) is 5.73. The summed E-state index contributed by atoms with van der Waals surface area (Å²) in [6.07, 6.45) is 0. The minimum Gasteiger partial charge on any atom is -0.507 e. The third-order valence-corrected chi connectivity index (χ3v) is 4.36. The molecule has 0 fully saturated rings. The Morgan fingerprint density at radius 1 is 0.960 bits per heavy atom. The molecule has 3 nitrogen and oxygen atoms in total. The number of hydrogen-bond acceptors (Lipinski definition) is 3. The molecule has 0 amide bonds. The Balaban J connectivity index is 2.05. The van der Waals surface area contributed by atoms with Crippen molar-refractivity contribution in [3.05, 3.63) is 77.3 Å². The van der Waals surface area contributed by atoms with Gasteiger partial charge in [-0.05, 0) is 56.2 Å². The minimum absolute atomic E-state index is 0.295. The van der Waals surface area contributed by atoms with Gasteiger partial charge in [-0.15, -0.1) is 0 Å². The van der Waals surface area contributed by atoms with E-state index in [1.54, 1.807) is 6.07 Å². The molecule has 0 aromatic heterocycles. The molecule has 3 heteroatoms. The van der Waals surface area contributed by atoms with Crippen LogP contribution < -0.4 is 10.2 Å². The Morgan fingerprint density at radius 2 is 1.72 bits per heavy atom. The molecule has 0 saturated heterocycles. The van der Waals surface area contributed by atoms with Crippen molar-refractivity contribution in [3.63, 3.8) is 0 Å². The normalized spacial score (nSPS) is 12.8. The number of rotatable bonds is 1. The van der Waals surface area contributed by atoms with Crippen molar-refractivity contribution < 1.29 is 5.11 Å². The summed E-state index contributed by atoms with van der Waals surface area (Å²) in [6, 6.07) is 18.0. The Hall–Kier alpha value is -3.16. The Labute approximate surface area is 147 Å². The van der Waals surface area contributed by atoms with Gasteiger partial charge in [0.2, 0.25) is 0 Å². The van der Waals surface area contributed by atoms with Gasteiger partial charge >= 0.3 is 0 Å². The molecule has 0 unspecified atom stereocenters. The lowest BCUT2D eigenvalue weighted by molar-refractivity contribution is 0.481. The number of phenolic OH excluding ortho intramolecular Hbond substituents is 1. The van der Waals surface area contributed by atoms with Crippen LogP contribution in [0, 0.1) is 6.92 Å². The molecular formula is C22H20N2O. The number of nitrogens with zero attached hydrogens (tertiary/aromatic N) is 1. The zero-order valence-electron chi connectivity index (χ0n) is 14.6. The van der Waals surface area contributed by atoms with E-state index in [0.717, 1.165) is 39.2 Å². The number of aryl methyl sites for hydroxylation is 1. The SMILES string of the molecule is CC(C)=C=C1Nc2ccc(C)cc2N1c1ccc(O)c2ccccc12. The lowest BCUT2D eigenvalue weighted by Gasteiger charge is -2.21. The summed E-state index contributed by atoms with van der Waals surface area (Å²) in [4.78, 5) is 2.18. The molecule has 0 aliphatic carbocycles. The highest BCUT2D eigenvalue weighted by molar-refractivity contribution is 6.03. The largest absolute Gasteiger partial charge is 0.507 e. The third-order valence-electron chi connectivity index (χ3n) is 4.36. The van der Waals surface area contributed by atoms with Crippen molar-refractivity contribution in [2.75, 3.05) is 10.2 Å². The monoisotopic (exact) mass is 328 g/mol. The highest BCUT2D eigenvalue weighted by Gasteiger charge is 2.27. The zero-order valence-corrected chi connectivity index (χ0v) is 14.6. The number of anilines is 3. The predicted molar refractivity (Wildman–Crippen MR) is 104 cm³/mol. The summed E-state index contributed by atoms with van der Waals surface area (Å²) in [7, 11) is 0. The fourth-order valence-corrected chi connectivity index (χ4v) is 3.27. The van der Waals surface area contributed by atoms with E-state index in [4.69, 9.17) is 0 Å². The highest BCUT2D eigenvalue weighted by atomic mass is 16.3. The van der Waals surface area contributed by atoms with Gasteiger partial charge in [0.15, 0.2) is 5.82 Å². The molecule has 4 rings (SSSR count). The summed E-state index contributed by atoms with van der Waals surface area (Å²) in [5, 5.41) is 15.5. The van der Waals surface area contributed by atoms with Crippen LogP contribution in [0.1, 0.15) is 19.4 Å². The number of hydrogen-bond donors (Lipinski definition) is 2. The fourth-order valence-electron chi connectivity index (χ4n) is 3.27. The molecule has 3 aromatic rings. The van der Waals surface area contributed by atoms with Crippen molar-refractivity contribution in [2.24, 2.45) is 0 Å². The van der Waals surface area contributed by atoms with Crippen molar-refractivity contribution in [1.29, 1.82) is 0 Å². The van der Waals surface area contributed by atoms with Crippen LogP contribution in [0.25, 0.3) is 10.8 Å². The van der Waals surface area contributed by atoms with E-state index in [-0.39, 0.29) is 0 Å². The summed E-state index contributed by atoms with van der Waals surface area (Å²) >= 11 is 0. The number of nitrogens with one attached hydrogen (secondary N) is 1. The van der Waals surface area contributed by atoms with Crippen molar-refractivity contribution >= 4 is 27.8 Å². The average Bonchev–Trinajstić information content (AvgIpc) is 2.92. The molecule has 25 heavy (non-hydrogen) atoms. The van der Waals surface area contributed by atoms with E-state index in [9.17, 15) is 5.11 Å². The molecular weight excluding hydrogens is 308 g/mol. The van der Waals surface area contributed by atoms with Crippen molar-refractivity contribution in [1.82, 2.24) is 0 Å². The van der Waals surface area contributed by atoms with Gasteiger partial charge in [0.1, 0.15) is 5.75 Å². The van der Waals surface area contributed by atoms with Gasteiger partial charge in [-0.1, -0.05) is 36.1 Å². The first kappa shape index (κ1) is 15.4. The molecule has 0 saturated carbocycles. The average molecular weight is 328 g/mol. The van der Waals surface area contributed by atoms with Crippen LogP contribution in [0.5, 0.6) is 5.75 Å². The van der Waals surface area contributed by atoms with E-state index in [1.807, 2.05) is 44.2 Å². The third kappa shape index (κ3) is 2.55. The first-order valence-corrected chi connectivity index (χ1v) is 8.37. The van der Waals surface area contributed by atoms with Crippen LogP contribution in [0.4, 0.5) is 17.1 Å². The minimum atomic E-state index is 0.295. The summed E-state index contributed by atoms with van der Waals surface area (Å²) in [5.41, 5.74) is 8.90. The number of benzene rings is 3. The number of aromatic hydroxyl groups is 1. The first-order chi connectivity index (χ1) is 12.0. The first-order valence-electron chi connectivity index (χ1n) is 8.37. The van der Waals surface area contributed by atoms with Crippen LogP contribution in [0.3, 0.4) is 0 Å². The lowest BCUT2D eigenvalue weighted by atomic mass is 10.1. The topological polar surface area (TPSA) is 35.5 Å². The maximum Gasteiger partial charge on any atom is 0.160 e. The molecule has 0 radical (unpaired) electrons. The molecule has 1 aliphatic heterocycles. The number of allylic oxidation sites excluding steroid dienone is 1. The molecule has 1 aliphatic rings. The Bertz CT molecular complexity index is 1050. The van der Waals surface area contributed by atoms with Crippen LogP contribution in [-0.2, 0) is 0 Å². The van der Waals surface area contributed by atoms with Gasteiger partial charge in [-0.2, -0.15) is 0 Å². The van der Waals surface area contributed by atoms with Gasteiger partial charge in [0, 0.05) is 10.8 Å². The van der Waals surface area contributed by atoms with Crippen LogP contribution >= 0.6 is 0 Å². The maximum atomic E-state index is 10.2. The Morgan fingerprint density at radius 3 is 2.48 bits per heavy atom. The zero-order chi connectivity index (χ0) is 17.6. The molecule has 0 atom stereocenters. The van der Waals surface area contributed by atoms with Gasteiger partial charge in [0.25, 0.3) is 0 Å². The maximum absolute atomic E-state index is 10.2. The van der Waals surface area contributed by atoms with E-state index in [1.165, 1.54) is 5.56 Å². The van der Waals surface area contributed by atoms with Gasteiger partial charge in [-0.25, -0.2) is 0 Å². The molecule has 3 aromatic carbocycles. The molecule has 0 spiro atoms. The molecule has 2 N–H and O–H groups in total. The Kier molecular flexibility index (Phi) is 3.52. The van der Waals surface area contributed by atoms with Crippen molar-refractivity contribution in [3.8, 4) is 5.75 Å². The smallest absolute Gasteiger partial charge is 0.160 e. The van der Waals surface area contributed by atoms with Crippen molar-refractivity contribution in [2.45, 2.75) is 20.8 Å².